The first-order valence-corrected chi connectivity index (χ1v) is 9.81. The number of aromatic nitrogens is 2. The van der Waals surface area contributed by atoms with Crippen LogP contribution in [0.25, 0.3) is 11.3 Å². The Morgan fingerprint density at radius 1 is 1.10 bits per heavy atom. The molecule has 1 aromatic carbocycles. The molecule has 0 saturated heterocycles. The van der Waals surface area contributed by atoms with E-state index in [1.165, 1.54) is 36.7 Å². The van der Waals surface area contributed by atoms with Gasteiger partial charge in [0.05, 0.1) is 21.2 Å². The molecule has 4 aromatic rings. The molecule has 0 aliphatic carbocycles. The van der Waals surface area contributed by atoms with Crippen molar-refractivity contribution in [2.75, 3.05) is 5.32 Å². The van der Waals surface area contributed by atoms with Gasteiger partial charge < -0.3 is 14.8 Å². The summed E-state index contributed by atoms with van der Waals surface area (Å²) in [5.74, 6) is -1.82. The van der Waals surface area contributed by atoms with Crippen LogP contribution in [-0.2, 0) is 11.2 Å². The summed E-state index contributed by atoms with van der Waals surface area (Å²) in [5.41, 5.74) is 1.68. The number of fused-ring (bicyclic) bond motifs is 1. The fourth-order valence-electron chi connectivity index (χ4n) is 3.21. The average Bonchev–Trinajstić information content (AvgIpc) is 3.09. The van der Waals surface area contributed by atoms with Gasteiger partial charge in [0.15, 0.2) is 11.2 Å². The number of anilines is 1. The number of nitrogens with zero attached hydrogens (tertiary/aromatic N) is 2. The molecule has 4 rings (SSSR count). The van der Waals surface area contributed by atoms with Gasteiger partial charge in [-0.1, -0.05) is 35.3 Å². The van der Waals surface area contributed by atoms with E-state index in [1.807, 2.05) is 0 Å². The van der Waals surface area contributed by atoms with Gasteiger partial charge in [-0.3, -0.25) is 14.6 Å². The first-order valence-electron chi connectivity index (χ1n) is 9.05. The molecule has 0 atom stereocenters. The average molecular weight is 458 g/mol. The van der Waals surface area contributed by atoms with Crippen LogP contribution in [-0.4, -0.2) is 20.4 Å². The Morgan fingerprint density at radius 2 is 1.77 bits per heavy atom. The molecule has 3 heterocycles. The second kappa shape index (κ2) is 8.37. The van der Waals surface area contributed by atoms with E-state index in [1.54, 1.807) is 28.8 Å². The molecule has 156 valence electrons. The third-order valence-corrected chi connectivity index (χ3v) is 5.26. The molecule has 0 unspecified atom stereocenters. The lowest BCUT2D eigenvalue weighted by Crippen LogP contribution is -2.21. The van der Waals surface area contributed by atoms with Crippen molar-refractivity contribution in [2.24, 2.45) is 0 Å². The molecule has 6 nitrogen and oxygen atoms in total. The van der Waals surface area contributed by atoms with Crippen LogP contribution < -0.4 is 16.0 Å². The molecule has 0 radical (unpaired) electrons. The highest BCUT2D eigenvalue weighted by atomic mass is 35.5. The number of pyridine rings is 2. The van der Waals surface area contributed by atoms with Crippen molar-refractivity contribution in [3.05, 3.63) is 104 Å². The largest absolute Gasteiger partial charge is 0.503 e. The zero-order chi connectivity index (χ0) is 22.1. The maximum Gasteiger partial charge on any atom is 0.291 e. The maximum atomic E-state index is 13.2. The minimum atomic E-state index is -0.855. The Kier molecular flexibility index (Phi) is 5.63. The Morgan fingerprint density at radius 3 is 2.45 bits per heavy atom. The molecular formula is C22H14Cl2FN3O3. The number of halogens is 3. The number of carbonyl (C=O) groups excluding carboxylic acids is 1. The number of aliphatic hydroxyl groups is 1. The molecule has 9 heteroatoms. The van der Waals surface area contributed by atoms with Crippen molar-refractivity contribution >= 4 is 46.1 Å². The van der Waals surface area contributed by atoms with E-state index in [4.69, 9.17) is 23.2 Å². The Hall–Kier alpha value is -3.42. The minimum absolute atomic E-state index is 0.106. The van der Waals surface area contributed by atoms with Crippen LogP contribution in [0.2, 0.25) is 10.0 Å². The second-order valence-electron chi connectivity index (χ2n) is 6.75. The monoisotopic (exact) mass is 457 g/mol. The van der Waals surface area contributed by atoms with Gasteiger partial charge in [0.2, 0.25) is 0 Å². The van der Waals surface area contributed by atoms with E-state index in [0.717, 1.165) is 5.56 Å². The van der Waals surface area contributed by atoms with Gasteiger partial charge in [0.1, 0.15) is 5.82 Å². The normalized spacial score (nSPS) is 12.1. The van der Waals surface area contributed by atoms with Crippen molar-refractivity contribution in [3.8, 4) is 0 Å². The Bertz CT molecular complexity index is 1400. The maximum absolute atomic E-state index is 13.2. The summed E-state index contributed by atoms with van der Waals surface area (Å²) in [6.07, 6.45) is 4.55. The van der Waals surface area contributed by atoms with Crippen LogP contribution in [0.4, 0.5) is 10.1 Å². The summed E-state index contributed by atoms with van der Waals surface area (Å²) >= 11 is 12.0. The summed E-state index contributed by atoms with van der Waals surface area (Å²) in [6, 6.07) is 10.3. The number of rotatable bonds is 4. The van der Waals surface area contributed by atoms with E-state index < -0.39 is 11.7 Å². The van der Waals surface area contributed by atoms with Gasteiger partial charge in [0, 0.05) is 48.1 Å². The SMILES string of the molecule is O=C(Nc1c(Cl)cncc1Cl)/C(O)=c1\cc(Cc2ccc(F)cc2)n2ccc(=O)cc12. The summed E-state index contributed by atoms with van der Waals surface area (Å²) < 4.78 is 14.9. The zero-order valence-electron chi connectivity index (χ0n) is 15.8. The summed E-state index contributed by atoms with van der Waals surface area (Å²) in [5, 5.41) is 13.5. The second-order valence-corrected chi connectivity index (χ2v) is 7.57. The van der Waals surface area contributed by atoms with Gasteiger partial charge in [-0.2, -0.15) is 0 Å². The third kappa shape index (κ3) is 4.23. The van der Waals surface area contributed by atoms with Gasteiger partial charge in [-0.25, -0.2) is 4.39 Å². The lowest BCUT2D eigenvalue weighted by atomic mass is 10.1. The smallest absolute Gasteiger partial charge is 0.291 e. The number of benzene rings is 1. The highest BCUT2D eigenvalue weighted by molar-refractivity contribution is 6.40. The molecule has 31 heavy (non-hydrogen) atoms. The van der Waals surface area contributed by atoms with Gasteiger partial charge in [-0.05, 0) is 23.8 Å². The molecule has 2 N–H and O–H groups in total. The number of nitrogens with one attached hydrogen (secondary N) is 1. The number of amides is 1. The Labute approximate surface area is 185 Å². The van der Waals surface area contributed by atoms with Gasteiger partial charge >= 0.3 is 0 Å². The van der Waals surface area contributed by atoms with Gasteiger partial charge in [0.25, 0.3) is 5.91 Å². The lowest BCUT2D eigenvalue weighted by molar-refractivity contribution is -0.112. The summed E-state index contributed by atoms with van der Waals surface area (Å²) in [7, 11) is 0. The van der Waals surface area contributed by atoms with Crippen LogP contribution in [0.1, 0.15) is 11.3 Å². The molecular weight excluding hydrogens is 444 g/mol. The fourth-order valence-corrected chi connectivity index (χ4v) is 3.67. The quantitative estimate of drug-likeness (QED) is 0.488. The third-order valence-electron chi connectivity index (χ3n) is 4.68. The van der Waals surface area contributed by atoms with Crippen molar-refractivity contribution < 1.29 is 14.3 Å². The predicted octanol–water partition coefficient (Wildman–Crippen LogP) is 3.76. The molecule has 0 saturated carbocycles. The van der Waals surface area contributed by atoms with Crippen LogP contribution in [0.3, 0.4) is 0 Å². The Balaban J connectivity index is 1.81. The number of carbonyl (C=O) groups is 1. The molecule has 0 bridgehead atoms. The van der Waals surface area contributed by atoms with Crippen molar-refractivity contribution in [1.29, 1.82) is 0 Å². The van der Waals surface area contributed by atoms with Crippen LogP contribution in [0, 0.1) is 5.82 Å². The molecule has 1 amide bonds. The highest BCUT2D eigenvalue weighted by Crippen LogP contribution is 2.28. The van der Waals surface area contributed by atoms with Crippen LogP contribution in [0.5, 0.6) is 0 Å². The summed E-state index contributed by atoms with van der Waals surface area (Å²) in [6.45, 7) is 0. The van der Waals surface area contributed by atoms with Crippen molar-refractivity contribution in [2.45, 2.75) is 6.42 Å². The molecule has 0 fully saturated rings. The zero-order valence-corrected chi connectivity index (χ0v) is 17.3. The standard InChI is InChI=1S/C22H14Cl2FN3O3/c23-17-10-26-11-18(24)20(17)27-22(31)21(30)16-8-14(7-12-1-3-13(25)4-2-12)28-6-5-15(29)9-19(16)28/h1-6,8-11,30H,7H2,(H,26,27,31)/b21-16-. The number of hydrogen-bond donors (Lipinski definition) is 2. The molecule has 0 aliphatic heterocycles. The van der Waals surface area contributed by atoms with E-state index in [2.05, 4.69) is 10.3 Å². The van der Waals surface area contributed by atoms with E-state index in [0.29, 0.717) is 17.6 Å². The number of aliphatic hydroxyl groups excluding tert-OH is 1. The first kappa shape index (κ1) is 20.8. The van der Waals surface area contributed by atoms with E-state index in [-0.39, 0.29) is 32.2 Å². The number of hydrogen-bond acceptors (Lipinski definition) is 4. The minimum Gasteiger partial charge on any atom is -0.503 e. The summed E-state index contributed by atoms with van der Waals surface area (Å²) in [4.78, 5) is 28.4. The molecule has 0 spiro atoms. The van der Waals surface area contributed by atoms with Crippen molar-refractivity contribution in [1.82, 2.24) is 9.38 Å². The van der Waals surface area contributed by atoms with Gasteiger partial charge in [-0.15, -0.1) is 0 Å². The van der Waals surface area contributed by atoms with E-state index >= 15 is 0 Å². The first-order chi connectivity index (χ1) is 14.8. The highest BCUT2D eigenvalue weighted by Gasteiger charge is 2.17. The van der Waals surface area contributed by atoms with E-state index in [9.17, 15) is 19.1 Å². The van der Waals surface area contributed by atoms with Crippen LogP contribution >= 0.6 is 23.2 Å². The van der Waals surface area contributed by atoms with Crippen LogP contribution in [0.15, 0.2) is 65.8 Å². The predicted molar refractivity (Wildman–Crippen MR) is 117 cm³/mol. The molecule has 0 aliphatic rings. The topological polar surface area (TPSA) is 83.7 Å². The molecule has 3 aromatic heterocycles. The van der Waals surface area contributed by atoms with Crippen molar-refractivity contribution in [3.63, 3.8) is 0 Å². The lowest BCUT2D eigenvalue weighted by Gasteiger charge is -2.07. The fraction of sp³-hybridized carbons (Fsp3) is 0.0455.